The van der Waals surface area contributed by atoms with Gasteiger partial charge in [0.1, 0.15) is 0 Å². The van der Waals surface area contributed by atoms with E-state index in [0.717, 1.165) is 6.42 Å². The molecule has 0 aliphatic heterocycles. The van der Waals surface area contributed by atoms with E-state index in [4.69, 9.17) is 15.3 Å². The second-order valence-electron chi connectivity index (χ2n) is 1.51. The van der Waals surface area contributed by atoms with Crippen LogP contribution in [0.5, 0.6) is 0 Å². The Bertz CT molecular complexity index is 134. The molecular formula is C5H14F2N2O2S2. The molecule has 0 spiro atoms. The van der Waals surface area contributed by atoms with Crippen LogP contribution >= 0.6 is 24.8 Å². The summed E-state index contributed by atoms with van der Waals surface area (Å²) in [5.41, 5.74) is 9.32. The minimum atomic E-state index is -0.639. The summed E-state index contributed by atoms with van der Waals surface area (Å²) < 4.78 is 4.70. The number of nitrogens with two attached hydrogens (primary N) is 2. The van der Waals surface area contributed by atoms with Gasteiger partial charge in [0.25, 0.3) is 10.4 Å². The number of hydrogen-bond acceptors (Lipinski definition) is 3. The van der Waals surface area contributed by atoms with Gasteiger partial charge in [-0.25, -0.2) is 0 Å². The molecule has 0 aromatic carbocycles. The Morgan fingerprint density at radius 3 is 1.85 bits per heavy atom. The smallest absolute Gasteiger partial charge is 0.273 e. The van der Waals surface area contributed by atoms with Crippen LogP contribution in [0.4, 0.5) is 14.2 Å². The molecule has 0 heterocycles. The maximum absolute atomic E-state index is 9.09. The first-order valence-corrected chi connectivity index (χ1v) is 3.76. The third kappa shape index (κ3) is 87.9. The second-order valence-corrected chi connectivity index (χ2v) is 2.35. The van der Waals surface area contributed by atoms with Crippen molar-refractivity contribution < 1.29 is 18.9 Å². The van der Waals surface area contributed by atoms with Crippen LogP contribution in [-0.4, -0.2) is 17.0 Å². The third-order valence-corrected chi connectivity index (χ3v) is 0.566. The fraction of sp³-hybridized carbons (Fsp3) is 0.600. The number of carbonyl (C=O) groups is 1. The third-order valence-electron chi connectivity index (χ3n) is 0.448. The first kappa shape index (κ1) is 22.8. The van der Waals surface area contributed by atoms with Crippen LogP contribution in [0, 0.1) is 0 Å². The van der Waals surface area contributed by atoms with Crippen LogP contribution in [0.2, 0.25) is 0 Å². The molecule has 0 bridgehead atoms. The van der Waals surface area contributed by atoms with E-state index in [1.54, 1.807) is 0 Å². The molecular weight excluding hydrogens is 222 g/mol. The van der Waals surface area contributed by atoms with Gasteiger partial charge in [-0.05, 0) is 18.6 Å². The zero-order chi connectivity index (χ0) is 9.28. The monoisotopic (exact) mass is 236 g/mol. The highest BCUT2D eigenvalue weighted by molar-refractivity contribution is 7.96. The fourth-order valence-corrected chi connectivity index (χ4v) is 0.286. The lowest BCUT2D eigenvalue weighted by Crippen LogP contribution is -2.12. The van der Waals surface area contributed by atoms with E-state index in [9.17, 15) is 0 Å². The average molecular weight is 236 g/mol. The standard InChI is InChI=1S/C4H9NOS.CH3NOS.2FH/c1-2-3-6-4(5)7;2-1(3)4;;/h2-3H2,1H3,(H2,5,7);(H3,2,3,4);2*1H. The first-order chi connectivity index (χ1) is 5.00. The van der Waals surface area contributed by atoms with Crippen LogP contribution in [-0.2, 0) is 4.74 Å². The summed E-state index contributed by atoms with van der Waals surface area (Å²) in [5, 5.41) is -0.498. The van der Waals surface area contributed by atoms with E-state index in [1.165, 1.54) is 0 Å². The van der Waals surface area contributed by atoms with Crippen LogP contribution in [0.1, 0.15) is 13.3 Å². The molecule has 0 radical (unpaired) electrons. The predicted molar refractivity (Wildman–Crippen MR) is 56.6 cm³/mol. The van der Waals surface area contributed by atoms with Crippen LogP contribution in [0.25, 0.3) is 0 Å². The molecule has 4 nitrogen and oxygen atoms in total. The number of primary amides is 1. The molecule has 8 heteroatoms. The lowest BCUT2D eigenvalue weighted by molar-refractivity contribution is 0.267. The molecule has 0 aliphatic carbocycles. The predicted octanol–water partition coefficient (Wildman–Crippen LogP) is 0.957. The van der Waals surface area contributed by atoms with Gasteiger partial charge in [-0.2, -0.15) is 0 Å². The van der Waals surface area contributed by atoms with Crippen molar-refractivity contribution in [3.8, 4) is 0 Å². The molecule has 82 valence electrons. The average Bonchev–Trinajstić information content (AvgIpc) is 1.82. The van der Waals surface area contributed by atoms with Crippen molar-refractivity contribution in [2.45, 2.75) is 13.3 Å². The fourth-order valence-electron chi connectivity index (χ4n) is 0.203. The molecule has 0 saturated heterocycles. The number of hydrogen-bond donors (Lipinski definition) is 3. The zero-order valence-corrected chi connectivity index (χ0v) is 8.77. The topological polar surface area (TPSA) is 78.3 Å². The van der Waals surface area contributed by atoms with Crippen LogP contribution in [0.15, 0.2) is 0 Å². The number of rotatable bonds is 2. The Balaban J connectivity index is -0.0000000600. The van der Waals surface area contributed by atoms with Gasteiger partial charge in [0.15, 0.2) is 0 Å². The normalized spacial score (nSPS) is 6.31. The second kappa shape index (κ2) is 17.5. The van der Waals surface area contributed by atoms with Crippen molar-refractivity contribution in [3.05, 3.63) is 0 Å². The number of amides is 1. The zero-order valence-electron chi connectivity index (χ0n) is 7.06. The first-order valence-electron chi connectivity index (χ1n) is 2.91. The van der Waals surface area contributed by atoms with Crippen molar-refractivity contribution >= 4 is 35.3 Å². The number of carbonyl (C=O) groups excluding carboxylic acids is 1. The van der Waals surface area contributed by atoms with Crippen LogP contribution < -0.4 is 11.5 Å². The Labute approximate surface area is 86.1 Å². The highest BCUT2D eigenvalue weighted by Crippen LogP contribution is 1.77. The number of thiol groups is 1. The van der Waals surface area contributed by atoms with Gasteiger partial charge >= 0.3 is 0 Å². The van der Waals surface area contributed by atoms with Gasteiger partial charge < -0.3 is 16.2 Å². The quantitative estimate of drug-likeness (QED) is 0.493. The Morgan fingerprint density at radius 2 is 1.77 bits per heavy atom. The summed E-state index contributed by atoms with van der Waals surface area (Å²) in [6.45, 7) is 2.63. The van der Waals surface area contributed by atoms with Crippen molar-refractivity contribution in [3.63, 3.8) is 0 Å². The number of halogens is 2. The van der Waals surface area contributed by atoms with E-state index in [1.807, 2.05) is 6.92 Å². The maximum atomic E-state index is 9.09. The number of ether oxygens (including phenoxy) is 1. The van der Waals surface area contributed by atoms with Crippen molar-refractivity contribution in [2.75, 3.05) is 6.61 Å². The highest BCUT2D eigenvalue weighted by atomic mass is 32.1. The molecule has 0 atom stereocenters. The summed E-state index contributed by atoms with van der Waals surface area (Å²) in [7, 11) is 0. The molecule has 0 rings (SSSR count). The Kier molecular flexibility index (Phi) is 30.6. The minimum Gasteiger partial charge on any atom is -0.471 e. The van der Waals surface area contributed by atoms with Gasteiger partial charge in [-0.1, -0.05) is 19.6 Å². The molecule has 0 aromatic rings. The van der Waals surface area contributed by atoms with Crippen LogP contribution in [0.3, 0.4) is 0 Å². The molecule has 0 saturated carbocycles. The van der Waals surface area contributed by atoms with E-state index < -0.39 is 5.24 Å². The van der Waals surface area contributed by atoms with E-state index in [0.29, 0.717) is 6.61 Å². The lowest BCUT2D eigenvalue weighted by Gasteiger charge is -1.96. The minimum absolute atomic E-state index is 0. The summed E-state index contributed by atoms with van der Waals surface area (Å²) in [6, 6.07) is 0. The van der Waals surface area contributed by atoms with Gasteiger partial charge in [0, 0.05) is 0 Å². The van der Waals surface area contributed by atoms with E-state index in [-0.39, 0.29) is 14.6 Å². The van der Waals surface area contributed by atoms with Crippen molar-refractivity contribution in [1.29, 1.82) is 0 Å². The van der Waals surface area contributed by atoms with Crippen molar-refractivity contribution in [1.82, 2.24) is 0 Å². The SMILES string of the molecule is CCCOC(N)=S.F.F.NC(=O)S. The van der Waals surface area contributed by atoms with Gasteiger partial charge in [0.2, 0.25) is 0 Å². The summed E-state index contributed by atoms with van der Waals surface area (Å²) in [4.78, 5) is 9.09. The van der Waals surface area contributed by atoms with Gasteiger partial charge in [0.05, 0.1) is 6.61 Å². The van der Waals surface area contributed by atoms with E-state index in [2.05, 4.69) is 30.6 Å². The summed E-state index contributed by atoms with van der Waals surface area (Å²) in [6.07, 6.45) is 0.956. The lowest BCUT2D eigenvalue weighted by atomic mass is 10.5. The molecule has 0 unspecified atom stereocenters. The molecule has 1 amide bonds. The molecule has 0 aliphatic rings. The van der Waals surface area contributed by atoms with Gasteiger partial charge in [-0.15, -0.1) is 0 Å². The Hall–Kier alpha value is -0.630. The van der Waals surface area contributed by atoms with E-state index >= 15 is 0 Å². The van der Waals surface area contributed by atoms with Crippen molar-refractivity contribution in [2.24, 2.45) is 11.5 Å². The summed E-state index contributed by atoms with van der Waals surface area (Å²) >= 11 is 7.52. The highest BCUT2D eigenvalue weighted by Gasteiger charge is 1.81. The van der Waals surface area contributed by atoms with Gasteiger partial charge in [-0.3, -0.25) is 14.2 Å². The maximum Gasteiger partial charge on any atom is 0.273 e. The molecule has 0 fully saturated rings. The number of thiocarbonyl (C=S) groups is 1. The Morgan fingerprint density at radius 1 is 1.46 bits per heavy atom. The molecule has 0 aromatic heterocycles. The molecule has 4 N–H and O–H groups in total. The molecule has 13 heavy (non-hydrogen) atoms. The largest absolute Gasteiger partial charge is 0.471 e. The summed E-state index contributed by atoms with van der Waals surface area (Å²) in [5.74, 6) is 0.